The van der Waals surface area contributed by atoms with Crippen molar-refractivity contribution in [2.24, 2.45) is 5.92 Å². The van der Waals surface area contributed by atoms with Crippen LogP contribution >= 0.6 is 27.3 Å². The Morgan fingerprint density at radius 1 is 1.53 bits per heavy atom. The molecule has 0 bridgehead atoms. The van der Waals surface area contributed by atoms with Gasteiger partial charge in [-0.3, -0.25) is 14.9 Å². The molecule has 7 heteroatoms. The highest BCUT2D eigenvalue weighted by molar-refractivity contribution is 9.09. The van der Waals surface area contributed by atoms with E-state index in [4.69, 9.17) is 0 Å². The average molecular weight is 349 g/mol. The van der Waals surface area contributed by atoms with Gasteiger partial charge < -0.3 is 5.32 Å². The van der Waals surface area contributed by atoms with Crippen molar-refractivity contribution in [3.05, 3.63) is 27.1 Å². The van der Waals surface area contributed by atoms with Gasteiger partial charge in [0.15, 0.2) is 0 Å². The molecule has 0 saturated carbocycles. The van der Waals surface area contributed by atoms with Crippen LogP contribution in [-0.4, -0.2) is 22.7 Å². The number of thiophene rings is 1. The summed E-state index contributed by atoms with van der Waals surface area (Å²) in [5.74, 6) is 0.219. The number of carbonyl (C=O) groups is 1. The Kier molecular flexibility index (Phi) is 7.01. The molecule has 5 nitrogen and oxygen atoms in total. The van der Waals surface area contributed by atoms with Crippen molar-refractivity contribution < 1.29 is 9.72 Å². The Labute approximate surface area is 124 Å². The molecule has 1 N–H and O–H groups in total. The highest BCUT2D eigenvalue weighted by Gasteiger charge is 2.16. The molecule has 1 unspecified atom stereocenters. The standard InChI is InChI=1S/C12H17BrN2O3S/c1-2-3-9(6-7-13)8-14-12(16)10-4-5-11(19-10)15(17)18/h4-5,9H,2-3,6-8H2,1H3,(H,14,16). The van der Waals surface area contributed by atoms with Gasteiger partial charge >= 0.3 is 5.00 Å². The summed E-state index contributed by atoms with van der Waals surface area (Å²) in [6.45, 7) is 2.73. The van der Waals surface area contributed by atoms with E-state index in [0.717, 1.165) is 35.9 Å². The quantitative estimate of drug-likeness (QED) is 0.443. The number of rotatable bonds is 8. The summed E-state index contributed by atoms with van der Waals surface area (Å²) in [5, 5.41) is 14.3. The molecule has 0 fully saturated rings. The molecule has 19 heavy (non-hydrogen) atoms. The Hall–Kier alpha value is -0.950. The lowest BCUT2D eigenvalue weighted by molar-refractivity contribution is -0.380. The second kappa shape index (κ2) is 8.27. The lowest BCUT2D eigenvalue weighted by atomic mass is 10.0. The van der Waals surface area contributed by atoms with Crippen LogP contribution in [0.2, 0.25) is 0 Å². The van der Waals surface area contributed by atoms with E-state index in [1.807, 2.05) is 0 Å². The van der Waals surface area contributed by atoms with Crippen LogP contribution in [0.4, 0.5) is 5.00 Å². The van der Waals surface area contributed by atoms with Gasteiger partial charge in [-0.15, -0.1) is 0 Å². The van der Waals surface area contributed by atoms with Crippen molar-refractivity contribution in [1.82, 2.24) is 5.32 Å². The average Bonchev–Trinajstić information content (AvgIpc) is 2.86. The number of carbonyl (C=O) groups excluding carboxylic acids is 1. The Morgan fingerprint density at radius 2 is 2.26 bits per heavy atom. The highest BCUT2D eigenvalue weighted by atomic mass is 79.9. The molecule has 0 aliphatic heterocycles. The summed E-state index contributed by atoms with van der Waals surface area (Å²) in [6.07, 6.45) is 3.16. The van der Waals surface area contributed by atoms with Crippen LogP contribution in [0.5, 0.6) is 0 Å². The van der Waals surface area contributed by atoms with Crippen molar-refractivity contribution in [3.8, 4) is 0 Å². The van der Waals surface area contributed by atoms with E-state index < -0.39 is 4.92 Å². The van der Waals surface area contributed by atoms with Crippen molar-refractivity contribution in [2.45, 2.75) is 26.2 Å². The minimum Gasteiger partial charge on any atom is -0.351 e. The first-order chi connectivity index (χ1) is 9.08. The molecule has 0 radical (unpaired) electrons. The fourth-order valence-corrected chi connectivity index (χ4v) is 3.17. The monoisotopic (exact) mass is 348 g/mol. The van der Waals surface area contributed by atoms with E-state index in [-0.39, 0.29) is 10.9 Å². The lowest BCUT2D eigenvalue weighted by Crippen LogP contribution is -2.29. The normalized spacial score (nSPS) is 12.1. The Morgan fingerprint density at radius 3 is 2.79 bits per heavy atom. The van der Waals surface area contributed by atoms with E-state index in [2.05, 4.69) is 28.2 Å². The van der Waals surface area contributed by atoms with E-state index in [0.29, 0.717) is 17.3 Å². The number of alkyl halides is 1. The second-order valence-corrected chi connectivity index (χ2v) is 6.09. The van der Waals surface area contributed by atoms with Crippen LogP contribution in [0.3, 0.4) is 0 Å². The van der Waals surface area contributed by atoms with Crippen LogP contribution in [0, 0.1) is 16.0 Å². The lowest BCUT2D eigenvalue weighted by Gasteiger charge is -2.15. The smallest absolute Gasteiger partial charge is 0.324 e. The third-order valence-electron chi connectivity index (χ3n) is 2.76. The minimum atomic E-state index is -0.480. The summed E-state index contributed by atoms with van der Waals surface area (Å²) in [4.78, 5) is 22.3. The van der Waals surface area contributed by atoms with E-state index in [1.165, 1.54) is 12.1 Å². The molecule has 1 rings (SSSR count). The summed E-state index contributed by atoms with van der Waals surface area (Å²) in [7, 11) is 0. The van der Waals surface area contributed by atoms with Crippen LogP contribution < -0.4 is 5.32 Å². The summed E-state index contributed by atoms with van der Waals surface area (Å²) in [6, 6.07) is 2.86. The molecule has 1 aromatic heterocycles. The summed E-state index contributed by atoms with van der Waals surface area (Å²) >= 11 is 4.31. The number of hydrogen-bond donors (Lipinski definition) is 1. The zero-order valence-corrected chi connectivity index (χ0v) is 13.1. The molecular weight excluding hydrogens is 332 g/mol. The maximum Gasteiger partial charge on any atom is 0.324 e. The van der Waals surface area contributed by atoms with Crippen LogP contribution in [0.25, 0.3) is 0 Å². The first-order valence-corrected chi connectivity index (χ1v) is 8.10. The number of halogens is 1. The maximum atomic E-state index is 11.9. The summed E-state index contributed by atoms with van der Waals surface area (Å²) in [5.41, 5.74) is 0. The molecule has 1 aromatic rings. The second-order valence-electron chi connectivity index (χ2n) is 4.24. The predicted molar refractivity (Wildman–Crippen MR) is 80.1 cm³/mol. The van der Waals surface area contributed by atoms with E-state index in [9.17, 15) is 14.9 Å². The van der Waals surface area contributed by atoms with Crippen LogP contribution in [0.1, 0.15) is 35.9 Å². The van der Waals surface area contributed by atoms with Crippen LogP contribution in [0.15, 0.2) is 12.1 Å². The van der Waals surface area contributed by atoms with Gasteiger partial charge in [0, 0.05) is 17.9 Å². The van der Waals surface area contributed by atoms with Crippen LogP contribution in [-0.2, 0) is 0 Å². The number of nitrogens with one attached hydrogen (secondary N) is 1. The summed E-state index contributed by atoms with van der Waals surface area (Å²) < 4.78 is 0. The number of amides is 1. The molecule has 0 spiro atoms. The fourth-order valence-electron chi connectivity index (χ4n) is 1.78. The van der Waals surface area contributed by atoms with E-state index in [1.54, 1.807) is 0 Å². The van der Waals surface area contributed by atoms with Crippen molar-refractivity contribution >= 4 is 38.2 Å². The molecule has 0 aliphatic carbocycles. The molecule has 1 heterocycles. The van der Waals surface area contributed by atoms with Crippen molar-refractivity contribution in [3.63, 3.8) is 0 Å². The van der Waals surface area contributed by atoms with Gasteiger partial charge in [-0.2, -0.15) is 0 Å². The topological polar surface area (TPSA) is 72.2 Å². The third-order valence-corrected chi connectivity index (χ3v) is 4.25. The minimum absolute atomic E-state index is 0.00397. The number of hydrogen-bond acceptors (Lipinski definition) is 4. The fraction of sp³-hybridized carbons (Fsp3) is 0.583. The molecule has 106 valence electrons. The molecule has 0 aliphatic rings. The Balaban J connectivity index is 2.51. The zero-order valence-electron chi connectivity index (χ0n) is 10.7. The largest absolute Gasteiger partial charge is 0.351 e. The SMILES string of the molecule is CCCC(CCBr)CNC(=O)c1ccc([N+](=O)[O-])s1. The van der Waals surface area contributed by atoms with Gasteiger partial charge in [-0.25, -0.2) is 0 Å². The van der Waals surface area contributed by atoms with Gasteiger partial charge in [0.2, 0.25) is 0 Å². The molecule has 0 saturated heterocycles. The first kappa shape index (κ1) is 16.1. The molecule has 1 atom stereocenters. The zero-order chi connectivity index (χ0) is 14.3. The van der Waals surface area contributed by atoms with Gasteiger partial charge in [-0.1, -0.05) is 40.6 Å². The van der Waals surface area contributed by atoms with Gasteiger partial charge in [-0.05, 0) is 24.8 Å². The number of nitrogens with zero attached hydrogens (tertiary/aromatic N) is 1. The number of nitro groups is 1. The first-order valence-electron chi connectivity index (χ1n) is 6.16. The molecular formula is C12H17BrN2O3S. The molecule has 1 amide bonds. The van der Waals surface area contributed by atoms with Crippen molar-refractivity contribution in [1.29, 1.82) is 0 Å². The van der Waals surface area contributed by atoms with Crippen molar-refractivity contribution in [2.75, 3.05) is 11.9 Å². The van der Waals surface area contributed by atoms with Gasteiger partial charge in [0.25, 0.3) is 5.91 Å². The van der Waals surface area contributed by atoms with E-state index >= 15 is 0 Å². The Bertz CT molecular complexity index is 430. The maximum absolute atomic E-state index is 11.9. The predicted octanol–water partition coefficient (Wildman–Crippen LogP) is 3.59. The van der Waals surface area contributed by atoms with Gasteiger partial charge in [0.05, 0.1) is 9.80 Å². The third kappa shape index (κ3) is 5.28. The molecule has 0 aromatic carbocycles. The van der Waals surface area contributed by atoms with Gasteiger partial charge in [0.1, 0.15) is 0 Å². The highest BCUT2D eigenvalue weighted by Crippen LogP contribution is 2.23.